The van der Waals surface area contributed by atoms with E-state index in [1.54, 1.807) is 17.2 Å². The standard InChI is InChI=1S/C17H19ClN4O2/c18-13-6-12(8-19-9-13)17(24)21-4-1-5-22-14(10-21)7-15(20-22)16(23)11-2-3-11/h6-9,11,16,23H,1-5,10H2. The van der Waals surface area contributed by atoms with Gasteiger partial charge in [0.1, 0.15) is 6.10 Å². The van der Waals surface area contributed by atoms with Gasteiger partial charge in [0.25, 0.3) is 5.91 Å². The van der Waals surface area contributed by atoms with Crippen molar-refractivity contribution >= 4 is 17.5 Å². The number of fused-ring (bicyclic) bond motifs is 1. The van der Waals surface area contributed by atoms with E-state index in [0.29, 0.717) is 29.6 Å². The van der Waals surface area contributed by atoms with Crippen molar-refractivity contribution in [1.82, 2.24) is 19.7 Å². The molecule has 7 heteroatoms. The lowest BCUT2D eigenvalue weighted by Crippen LogP contribution is -2.30. The number of hydrogen-bond donors (Lipinski definition) is 1. The highest BCUT2D eigenvalue weighted by molar-refractivity contribution is 6.30. The molecule has 1 amide bonds. The van der Waals surface area contributed by atoms with Crippen molar-refractivity contribution in [2.45, 2.75) is 38.5 Å². The Morgan fingerprint density at radius 1 is 1.29 bits per heavy atom. The van der Waals surface area contributed by atoms with E-state index in [4.69, 9.17) is 11.6 Å². The number of nitrogens with zero attached hydrogens (tertiary/aromatic N) is 4. The van der Waals surface area contributed by atoms with Gasteiger partial charge in [0, 0.05) is 25.5 Å². The van der Waals surface area contributed by atoms with Gasteiger partial charge in [0.05, 0.1) is 28.5 Å². The van der Waals surface area contributed by atoms with Crippen molar-refractivity contribution in [3.63, 3.8) is 0 Å². The average molecular weight is 347 g/mol. The van der Waals surface area contributed by atoms with Crippen LogP contribution >= 0.6 is 11.6 Å². The smallest absolute Gasteiger partial charge is 0.255 e. The SMILES string of the molecule is O=C(c1cncc(Cl)c1)N1CCCn2nc(C(O)C3CC3)cc2C1. The van der Waals surface area contributed by atoms with Crippen LogP contribution in [-0.4, -0.2) is 37.2 Å². The highest BCUT2D eigenvalue weighted by Crippen LogP contribution is 2.40. The van der Waals surface area contributed by atoms with Crippen LogP contribution < -0.4 is 0 Å². The van der Waals surface area contributed by atoms with Gasteiger partial charge in [-0.05, 0) is 37.3 Å². The maximum absolute atomic E-state index is 12.7. The fourth-order valence-electron chi connectivity index (χ4n) is 3.17. The van der Waals surface area contributed by atoms with Gasteiger partial charge in [-0.15, -0.1) is 0 Å². The fourth-order valence-corrected chi connectivity index (χ4v) is 3.34. The lowest BCUT2D eigenvalue weighted by atomic mass is 10.1. The zero-order valence-corrected chi connectivity index (χ0v) is 14.0. The van der Waals surface area contributed by atoms with E-state index in [2.05, 4.69) is 10.1 Å². The van der Waals surface area contributed by atoms with Gasteiger partial charge in [-0.1, -0.05) is 11.6 Å². The Bertz CT molecular complexity index is 772. The van der Waals surface area contributed by atoms with Crippen LogP contribution in [0, 0.1) is 5.92 Å². The van der Waals surface area contributed by atoms with Crippen LogP contribution in [0.25, 0.3) is 0 Å². The number of amides is 1. The molecule has 24 heavy (non-hydrogen) atoms. The Kier molecular flexibility index (Phi) is 4.02. The van der Waals surface area contributed by atoms with Gasteiger partial charge in [-0.25, -0.2) is 0 Å². The largest absolute Gasteiger partial charge is 0.386 e. The predicted octanol–water partition coefficient (Wildman–Crippen LogP) is 2.42. The molecule has 0 aromatic carbocycles. The monoisotopic (exact) mass is 346 g/mol. The second-order valence-electron chi connectivity index (χ2n) is 6.54. The van der Waals surface area contributed by atoms with E-state index in [9.17, 15) is 9.90 Å². The van der Waals surface area contributed by atoms with Gasteiger partial charge in [0.15, 0.2) is 0 Å². The molecule has 0 spiro atoms. The minimum atomic E-state index is -0.481. The molecule has 0 radical (unpaired) electrons. The molecule has 0 bridgehead atoms. The van der Waals surface area contributed by atoms with Crippen LogP contribution in [0.3, 0.4) is 0 Å². The summed E-state index contributed by atoms with van der Waals surface area (Å²) in [5, 5.41) is 15.3. The third kappa shape index (κ3) is 3.03. The van der Waals surface area contributed by atoms with Crippen LogP contribution in [-0.2, 0) is 13.1 Å². The second-order valence-corrected chi connectivity index (χ2v) is 6.97. The Balaban J connectivity index is 1.56. The number of carbonyl (C=O) groups excluding carboxylic acids is 1. The first-order valence-electron chi connectivity index (χ1n) is 8.26. The molecular weight excluding hydrogens is 328 g/mol. The summed E-state index contributed by atoms with van der Waals surface area (Å²) >= 11 is 5.94. The van der Waals surface area contributed by atoms with Crippen molar-refractivity contribution in [2.24, 2.45) is 5.92 Å². The van der Waals surface area contributed by atoms with Gasteiger partial charge in [-0.3, -0.25) is 14.5 Å². The van der Waals surface area contributed by atoms with Crippen molar-refractivity contribution in [3.8, 4) is 0 Å². The quantitative estimate of drug-likeness (QED) is 0.926. The zero-order chi connectivity index (χ0) is 16.7. The number of aryl methyl sites for hydroxylation is 1. The van der Waals surface area contributed by atoms with E-state index >= 15 is 0 Å². The normalized spacial score (nSPS) is 18.8. The average Bonchev–Trinajstić information content (AvgIpc) is 3.38. The van der Waals surface area contributed by atoms with Gasteiger partial charge >= 0.3 is 0 Å². The number of carbonyl (C=O) groups is 1. The van der Waals surface area contributed by atoms with Crippen LogP contribution in [0.15, 0.2) is 24.5 Å². The molecule has 1 aliphatic heterocycles. The lowest BCUT2D eigenvalue weighted by Gasteiger charge is -2.20. The maximum atomic E-state index is 12.7. The van der Waals surface area contributed by atoms with Crippen LogP contribution in [0.4, 0.5) is 0 Å². The third-order valence-electron chi connectivity index (χ3n) is 4.64. The first kappa shape index (κ1) is 15.6. The van der Waals surface area contributed by atoms with E-state index in [1.807, 2.05) is 10.7 Å². The Hall–Kier alpha value is -1.92. The molecule has 3 heterocycles. The number of halogens is 1. The maximum Gasteiger partial charge on any atom is 0.255 e. The van der Waals surface area contributed by atoms with Crippen LogP contribution in [0.1, 0.15) is 47.1 Å². The third-order valence-corrected chi connectivity index (χ3v) is 4.85. The summed E-state index contributed by atoms with van der Waals surface area (Å²) in [6.07, 6.45) is 5.53. The van der Waals surface area contributed by atoms with Gasteiger partial charge in [-0.2, -0.15) is 5.10 Å². The summed E-state index contributed by atoms with van der Waals surface area (Å²) in [6.45, 7) is 1.90. The van der Waals surface area contributed by atoms with Crippen molar-refractivity contribution < 1.29 is 9.90 Å². The Labute approximate surface area is 145 Å². The lowest BCUT2D eigenvalue weighted by molar-refractivity contribution is 0.0745. The summed E-state index contributed by atoms with van der Waals surface area (Å²) in [5.74, 6) is 0.267. The molecule has 1 N–H and O–H groups in total. The number of aliphatic hydroxyl groups excluding tert-OH is 1. The van der Waals surface area contributed by atoms with Crippen molar-refractivity contribution in [2.75, 3.05) is 6.54 Å². The summed E-state index contributed by atoms with van der Waals surface area (Å²) in [4.78, 5) is 18.5. The summed E-state index contributed by atoms with van der Waals surface area (Å²) in [7, 11) is 0. The molecule has 1 saturated carbocycles. The van der Waals surface area contributed by atoms with Crippen LogP contribution in [0.5, 0.6) is 0 Å². The molecular formula is C17H19ClN4O2. The van der Waals surface area contributed by atoms with E-state index in [0.717, 1.165) is 37.2 Å². The van der Waals surface area contributed by atoms with Gasteiger partial charge < -0.3 is 10.0 Å². The number of aromatic nitrogens is 3. The van der Waals surface area contributed by atoms with Gasteiger partial charge in [0.2, 0.25) is 0 Å². The molecule has 1 unspecified atom stereocenters. The molecule has 1 fully saturated rings. The molecule has 1 aliphatic carbocycles. The highest BCUT2D eigenvalue weighted by Gasteiger charge is 2.33. The minimum absolute atomic E-state index is 0.0797. The van der Waals surface area contributed by atoms with Crippen molar-refractivity contribution in [3.05, 3.63) is 46.5 Å². The van der Waals surface area contributed by atoms with Crippen LogP contribution in [0.2, 0.25) is 5.02 Å². The molecule has 0 saturated heterocycles. The van der Waals surface area contributed by atoms with E-state index < -0.39 is 6.10 Å². The molecule has 2 aromatic heterocycles. The number of pyridine rings is 1. The molecule has 4 rings (SSSR count). The van der Waals surface area contributed by atoms with Crippen molar-refractivity contribution in [1.29, 1.82) is 0 Å². The second kappa shape index (κ2) is 6.18. The Morgan fingerprint density at radius 3 is 2.88 bits per heavy atom. The highest BCUT2D eigenvalue weighted by atomic mass is 35.5. The molecule has 126 valence electrons. The fraction of sp³-hybridized carbons (Fsp3) is 0.471. The molecule has 2 aromatic rings. The van der Waals surface area contributed by atoms with E-state index in [1.165, 1.54) is 6.20 Å². The Morgan fingerprint density at radius 2 is 2.12 bits per heavy atom. The summed E-state index contributed by atoms with van der Waals surface area (Å²) in [6, 6.07) is 3.58. The summed E-state index contributed by atoms with van der Waals surface area (Å²) < 4.78 is 1.92. The topological polar surface area (TPSA) is 71.2 Å². The summed E-state index contributed by atoms with van der Waals surface area (Å²) in [5.41, 5.74) is 2.19. The first-order valence-corrected chi connectivity index (χ1v) is 8.64. The predicted molar refractivity (Wildman–Crippen MR) is 88.5 cm³/mol. The molecule has 2 aliphatic rings. The number of aliphatic hydroxyl groups is 1. The zero-order valence-electron chi connectivity index (χ0n) is 13.2. The number of hydrogen-bond acceptors (Lipinski definition) is 4. The molecule has 6 nitrogen and oxygen atoms in total. The first-order chi connectivity index (χ1) is 11.6. The molecule has 1 atom stereocenters. The number of rotatable bonds is 3. The van der Waals surface area contributed by atoms with E-state index in [-0.39, 0.29) is 5.91 Å². The minimum Gasteiger partial charge on any atom is -0.386 e.